The number of rotatable bonds is 4. The van der Waals surface area contributed by atoms with Crippen LogP contribution in [0.1, 0.15) is 0 Å². The standard InChI is InChI=1S/C12H14N2O3S/c1-17-9-3-2-4-10(7-9)18-8-11(15)14-6-5-13-12(14)16/h2-4,7H,5-6,8H2,1H3,(H,13,16). The molecular formula is C12H14N2O3S. The SMILES string of the molecule is COc1cccc(SCC(=O)N2CCNC2=O)c1. The largest absolute Gasteiger partial charge is 0.497 e. The van der Waals surface area contributed by atoms with Crippen LogP contribution in [0.5, 0.6) is 5.75 Å². The molecule has 0 saturated carbocycles. The summed E-state index contributed by atoms with van der Waals surface area (Å²) in [5.41, 5.74) is 0. The van der Waals surface area contributed by atoms with Crippen LogP contribution in [0.3, 0.4) is 0 Å². The number of thioether (sulfide) groups is 1. The maximum Gasteiger partial charge on any atom is 0.324 e. The normalized spacial score (nSPS) is 14.5. The number of nitrogens with one attached hydrogen (secondary N) is 1. The van der Waals surface area contributed by atoms with Crippen LogP contribution in [-0.2, 0) is 4.79 Å². The zero-order valence-corrected chi connectivity index (χ0v) is 10.8. The number of carbonyl (C=O) groups is 2. The maximum atomic E-state index is 11.8. The van der Waals surface area contributed by atoms with Gasteiger partial charge in [0.25, 0.3) is 0 Å². The van der Waals surface area contributed by atoms with Crippen molar-refractivity contribution in [1.29, 1.82) is 0 Å². The van der Waals surface area contributed by atoms with Crippen molar-refractivity contribution in [3.05, 3.63) is 24.3 Å². The van der Waals surface area contributed by atoms with Crippen LogP contribution < -0.4 is 10.1 Å². The van der Waals surface area contributed by atoms with Crippen molar-refractivity contribution in [2.24, 2.45) is 0 Å². The number of hydrogen-bond donors (Lipinski definition) is 1. The summed E-state index contributed by atoms with van der Waals surface area (Å²) < 4.78 is 5.11. The molecule has 0 atom stereocenters. The quantitative estimate of drug-likeness (QED) is 0.835. The molecule has 0 unspecified atom stereocenters. The topological polar surface area (TPSA) is 58.6 Å². The van der Waals surface area contributed by atoms with E-state index in [1.54, 1.807) is 7.11 Å². The van der Waals surface area contributed by atoms with E-state index in [-0.39, 0.29) is 17.7 Å². The Labute approximate surface area is 109 Å². The molecule has 2 rings (SSSR count). The van der Waals surface area contributed by atoms with Crippen LogP contribution in [0.4, 0.5) is 4.79 Å². The number of ether oxygens (including phenoxy) is 1. The van der Waals surface area contributed by atoms with Crippen molar-refractivity contribution in [2.75, 3.05) is 26.0 Å². The van der Waals surface area contributed by atoms with E-state index in [4.69, 9.17) is 4.74 Å². The summed E-state index contributed by atoms with van der Waals surface area (Å²) in [6, 6.07) is 7.19. The van der Waals surface area contributed by atoms with Gasteiger partial charge in [-0.2, -0.15) is 0 Å². The Hall–Kier alpha value is -1.69. The van der Waals surface area contributed by atoms with Gasteiger partial charge in [0.2, 0.25) is 5.91 Å². The molecule has 6 heteroatoms. The van der Waals surface area contributed by atoms with Gasteiger partial charge in [-0.25, -0.2) is 4.79 Å². The minimum atomic E-state index is -0.300. The molecule has 5 nitrogen and oxygen atoms in total. The number of amides is 3. The highest BCUT2D eigenvalue weighted by atomic mass is 32.2. The lowest BCUT2D eigenvalue weighted by atomic mass is 10.3. The molecule has 0 spiro atoms. The average Bonchev–Trinajstić information content (AvgIpc) is 2.82. The van der Waals surface area contributed by atoms with Crippen LogP contribution in [0, 0.1) is 0 Å². The number of nitrogens with zero attached hydrogens (tertiary/aromatic N) is 1. The second-order valence-electron chi connectivity index (χ2n) is 3.74. The van der Waals surface area contributed by atoms with Gasteiger partial charge in [-0.1, -0.05) is 6.07 Å². The lowest BCUT2D eigenvalue weighted by Crippen LogP contribution is -2.35. The van der Waals surface area contributed by atoms with Crippen LogP contribution >= 0.6 is 11.8 Å². The summed E-state index contributed by atoms with van der Waals surface area (Å²) in [5.74, 6) is 0.838. The van der Waals surface area contributed by atoms with Gasteiger partial charge in [0.15, 0.2) is 0 Å². The van der Waals surface area contributed by atoms with Gasteiger partial charge in [-0.15, -0.1) is 11.8 Å². The zero-order valence-electron chi connectivity index (χ0n) is 10.0. The Bertz CT molecular complexity index is 464. The Morgan fingerprint density at radius 3 is 3.06 bits per heavy atom. The summed E-state index contributed by atoms with van der Waals surface area (Å²) in [6.07, 6.45) is 0. The van der Waals surface area contributed by atoms with E-state index < -0.39 is 0 Å². The van der Waals surface area contributed by atoms with Gasteiger partial charge in [0, 0.05) is 18.0 Å². The molecule has 1 heterocycles. The highest BCUT2D eigenvalue weighted by Crippen LogP contribution is 2.23. The van der Waals surface area contributed by atoms with Crippen LogP contribution in [0.2, 0.25) is 0 Å². The number of methoxy groups -OCH3 is 1. The summed E-state index contributed by atoms with van der Waals surface area (Å²) in [6.45, 7) is 0.991. The van der Waals surface area contributed by atoms with E-state index >= 15 is 0 Å². The molecule has 0 aliphatic carbocycles. The predicted molar refractivity (Wildman–Crippen MR) is 68.8 cm³/mol. The van der Waals surface area contributed by atoms with E-state index in [0.29, 0.717) is 13.1 Å². The third-order valence-corrected chi connectivity index (χ3v) is 3.54. The molecule has 1 aliphatic rings. The van der Waals surface area contributed by atoms with Gasteiger partial charge < -0.3 is 10.1 Å². The fourth-order valence-electron chi connectivity index (χ4n) is 1.62. The second kappa shape index (κ2) is 5.77. The Morgan fingerprint density at radius 2 is 2.39 bits per heavy atom. The van der Waals surface area contributed by atoms with Crippen molar-refractivity contribution >= 4 is 23.7 Å². The van der Waals surface area contributed by atoms with Crippen LogP contribution in [0.25, 0.3) is 0 Å². The Morgan fingerprint density at radius 1 is 1.56 bits per heavy atom. The summed E-state index contributed by atoms with van der Waals surface area (Å²) >= 11 is 1.40. The minimum Gasteiger partial charge on any atom is -0.497 e. The fourth-order valence-corrected chi connectivity index (χ4v) is 2.44. The first-order valence-corrected chi connectivity index (χ1v) is 6.54. The van der Waals surface area contributed by atoms with E-state index in [0.717, 1.165) is 10.6 Å². The molecule has 1 aromatic carbocycles. The molecule has 96 valence electrons. The first-order valence-electron chi connectivity index (χ1n) is 5.56. The molecule has 1 fully saturated rings. The van der Waals surface area contributed by atoms with Gasteiger partial charge in [0.1, 0.15) is 5.75 Å². The summed E-state index contributed by atoms with van der Waals surface area (Å²) in [7, 11) is 1.60. The number of carbonyl (C=O) groups excluding carboxylic acids is 2. The molecule has 18 heavy (non-hydrogen) atoms. The van der Waals surface area contributed by atoms with Crippen molar-refractivity contribution < 1.29 is 14.3 Å². The number of hydrogen-bond acceptors (Lipinski definition) is 4. The van der Waals surface area contributed by atoms with E-state index in [9.17, 15) is 9.59 Å². The monoisotopic (exact) mass is 266 g/mol. The van der Waals surface area contributed by atoms with E-state index in [2.05, 4.69) is 5.32 Å². The van der Waals surface area contributed by atoms with Crippen molar-refractivity contribution in [3.63, 3.8) is 0 Å². The number of benzene rings is 1. The molecular weight excluding hydrogens is 252 g/mol. The first kappa shape index (κ1) is 12.8. The van der Waals surface area contributed by atoms with Crippen molar-refractivity contribution in [3.8, 4) is 5.75 Å². The van der Waals surface area contributed by atoms with E-state index in [1.165, 1.54) is 16.7 Å². The lowest BCUT2D eigenvalue weighted by molar-refractivity contribution is -0.124. The molecule has 0 bridgehead atoms. The highest BCUT2D eigenvalue weighted by molar-refractivity contribution is 8.00. The molecule has 1 aliphatic heterocycles. The second-order valence-corrected chi connectivity index (χ2v) is 4.79. The molecule has 1 N–H and O–H groups in total. The fraction of sp³-hybridized carbons (Fsp3) is 0.333. The van der Waals surface area contributed by atoms with Gasteiger partial charge >= 0.3 is 6.03 Å². The Balaban J connectivity index is 1.90. The first-order chi connectivity index (χ1) is 8.70. The van der Waals surface area contributed by atoms with E-state index in [1.807, 2.05) is 24.3 Å². The van der Waals surface area contributed by atoms with Gasteiger partial charge in [0.05, 0.1) is 12.9 Å². The van der Waals surface area contributed by atoms with Crippen LogP contribution in [0.15, 0.2) is 29.2 Å². The third-order valence-electron chi connectivity index (χ3n) is 2.56. The van der Waals surface area contributed by atoms with Gasteiger partial charge in [-0.3, -0.25) is 9.69 Å². The predicted octanol–water partition coefficient (Wildman–Crippen LogP) is 1.34. The molecule has 0 aromatic heterocycles. The third kappa shape index (κ3) is 2.95. The van der Waals surface area contributed by atoms with Crippen molar-refractivity contribution in [1.82, 2.24) is 10.2 Å². The lowest BCUT2D eigenvalue weighted by Gasteiger charge is -2.11. The number of imide groups is 1. The minimum absolute atomic E-state index is 0.169. The maximum absolute atomic E-state index is 11.8. The molecule has 0 radical (unpaired) electrons. The average molecular weight is 266 g/mol. The van der Waals surface area contributed by atoms with Crippen LogP contribution in [-0.4, -0.2) is 42.8 Å². The Kier molecular flexibility index (Phi) is 4.09. The molecule has 3 amide bonds. The smallest absolute Gasteiger partial charge is 0.324 e. The van der Waals surface area contributed by atoms with Gasteiger partial charge in [-0.05, 0) is 18.2 Å². The molecule has 1 aromatic rings. The van der Waals surface area contributed by atoms with Crippen molar-refractivity contribution in [2.45, 2.75) is 4.90 Å². The zero-order chi connectivity index (χ0) is 13.0. The number of urea groups is 1. The molecule has 1 saturated heterocycles. The summed E-state index contributed by atoms with van der Waals surface area (Å²) in [4.78, 5) is 25.3. The highest BCUT2D eigenvalue weighted by Gasteiger charge is 2.25. The summed E-state index contributed by atoms with van der Waals surface area (Å²) in [5, 5.41) is 2.60.